The molecular formula is C24H20ClFN4O3S. The van der Waals surface area contributed by atoms with E-state index >= 15 is 0 Å². The summed E-state index contributed by atoms with van der Waals surface area (Å²) in [6.45, 7) is -0.307. The molecule has 0 aliphatic heterocycles. The summed E-state index contributed by atoms with van der Waals surface area (Å²) < 4.78 is 43.0. The van der Waals surface area contributed by atoms with Gasteiger partial charge in [0.25, 0.3) is 10.0 Å². The van der Waals surface area contributed by atoms with Crippen molar-refractivity contribution in [2.45, 2.75) is 11.4 Å². The van der Waals surface area contributed by atoms with Gasteiger partial charge >= 0.3 is 0 Å². The van der Waals surface area contributed by atoms with Crippen molar-refractivity contribution in [1.82, 2.24) is 14.9 Å². The average Bonchev–Trinajstić information content (AvgIpc) is 3.39. The van der Waals surface area contributed by atoms with Gasteiger partial charge in [-0.1, -0.05) is 41.9 Å². The Morgan fingerprint density at radius 2 is 1.79 bits per heavy atom. The Morgan fingerprint density at radius 3 is 2.44 bits per heavy atom. The zero-order valence-corrected chi connectivity index (χ0v) is 19.4. The third kappa shape index (κ3) is 5.27. The maximum atomic E-state index is 13.7. The van der Waals surface area contributed by atoms with Crippen LogP contribution in [0.3, 0.4) is 0 Å². The van der Waals surface area contributed by atoms with Crippen molar-refractivity contribution in [1.29, 1.82) is 0 Å². The molecule has 7 nitrogen and oxygen atoms in total. The molecule has 0 radical (unpaired) electrons. The van der Waals surface area contributed by atoms with Gasteiger partial charge in [0.05, 0.1) is 21.9 Å². The number of anilines is 1. The van der Waals surface area contributed by atoms with Crippen LogP contribution in [0.4, 0.5) is 10.1 Å². The lowest BCUT2D eigenvalue weighted by Gasteiger charge is -2.24. The molecular weight excluding hydrogens is 479 g/mol. The molecule has 10 heteroatoms. The number of hydrogen-bond donors (Lipinski definition) is 1. The van der Waals surface area contributed by atoms with E-state index in [0.717, 1.165) is 21.6 Å². The number of nitrogens with zero attached hydrogens (tertiary/aromatic N) is 3. The van der Waals surface area contributed by atoms with E-state index in [1.54, 1.807) is 30.7 Å². The first-order chi connectivity index (χ1) is 16.3. The molecule has 1 amide bonds. The number of imidazole rings is 1. The van der Waals surface area contributed by atoms with Gasteiger partial charge in [0.1, 0.15) is 12.4 Å². The predicted molar refractivity (Wildman–Crippen MR) is 128 cm³/mol. The van der Waals surface area contributed by atoms with E-state index in [9.17, 15) is 17.6 Å². The Kier molecular flexibility index (Phi) is 6.95. The Morgan fingerprint density at radius 1 is 1.06 bits per heavy atom. The van der Waals surface area contributed by atoms with Crippen molar-refractivity contribution in [2.75, 3.05) is 10.8 Å². The molecule has 0 atom stereocenters. The molecule has 1 N–H and O–H groups in total. The molecule has 0 fully saturated rings. The van der Waals surface area contributed by atoms with Gasteiger partial charge < -0.3 is 9.88 Å². The Bertz CT molecular complexity index is 1380. The normalized spacial score (nSPS) is 11.2. The van der Waals surface area contributed by atoms with Crippen LogP contribution in [0.15, 0.2) is 96.4 Å². The van der Waals surface area contributed by atoms with Crippen LogP contribution in [0, 0.1) is 5.82 Å². The SMILES string of the molecule is O=C(CN(c1ccc(F)c(Cl)c1)S(=O)(=O)c1ccccc1)NCc1ccc(-n2ccnc2)cc1. The molecule has 0 bridgehead atoms. The highest BCUT2D eigenvalue weighted by Crippen LogP contribution is 2.27. The molecule has 1 aromatic heterocycles. The molecule has 0 aliphatic carbocycles. The summed E-state index contributed by atoms with van der Waals surface area (Å²) in [4.78, 5) is 16.8. The number of rotatable bonds is 8. The first kappa shape index (κ1) is 23.5. The van der Waals surface area contributed by atoms with Gasteiger partial charge in [0.2, 0.25) is 5.91 Å². The van der Waals surface area contributed by atoms with Crippen molar-refractivity contribution in [3.8, 4) is 5.69 Å². The third-order valence-electron chi connectivity index (χ3n) is 5.04. The summed E-state index contributed by atoms with van der Waals surface area (Å²) in [5.74, 6) is -1.22. The number of carbonyl (C=O) groups is 1. The number of halogens is 2. The lowest BCUT2D eigenvalue weighted by Crippen LogP contribution is -2.40. The standard InChI is InChI=1S/C24H20ClFN4O3S/c25-22-14-20(10-11-23(22)26)30(34(32,33)21-4-2-1-3-5-21)16-24(31)28-15-18-6-8-19(9-7-18)29-13-12-27-17-29/h1-14,17H,15-16H2,(H,28,31). The van der Waals surface area contributed by atoms with Gasteiger partial charge in [-0.2, -0.15) is 0 Å². The van der Waals surface area contributed by atoms with Gasteiger partial charge in [-0.05, 0) is 48.0 Å². The minimum atomic E-state index is -4.11. The van der Waals surface area contributed by atoms with E-state index in [0.29, 0.717) is 0 Å². The van der Waals surface area contributed by atoms with Crippen LogP contribution in [0.1, 0.15) is 5.56 Å². The Hall–Kier alpha value is -3.69. The Balaban J connectivity index is 1.51. The number of benzene rings is 3. The number of aromatic nitrogens is 2. The van der Waals surface area contributed by atoms with E-state index in [2.05, 4.69) is 10.3 Å². The summed E-state index contributed by atoms with van der Waals surface area (Å²) >= 11 is 5.88. The fraction of sp³-hybridized carbons (Fsp3) is 0.0833. The van der Waals surface area contributed by atoms with Crippen molar-refractivity contribution in [3.63, 3.8) is 0 Å². The molecule has 34 heavy (non-hydrogen) atoms. The summed E-state index contributed by atoms with van der Waals surface area (Å²) in [5, 5.41) is 2.49. The molecule has 0 saturated carbocycles. The van der Waals surface area contributed by atoms with Crippen LogP contribution in [-0.4, -0.2) is 30.4 Å². The smallest absolute Gasteiger partial charge is 0.264 e. The van der Waals surface area contributed by atoms with Crippen LogP contribution in [0.25, 0.3) is 5.69 Å². The molecule has 1 heterocycles. The fourth-order valence-corrected chi connectivity index (χ4v) is 4.87. The van der Waals surface area contributed by atoms with Crippen LogP contribution < -0.4 is 9.62 Å². The maximum absolute atomic E-state index is 13.7. The molecule has 0 aliphatic rings. The van der Waals surface area contributed by atoms with E-state index < -0.39 is 28.3 Å². The highest BCUT2D eigenvalue weighted by molar-refractivity contribution is 7.92. The second-order valence-electron chi connectivity index (χ2n) is 7.34. The first-order valence-electron chi connectivity index (χ1n) is 10.2. The molecule has 0 spiro atoms. The maximum Gasteiger partial charge on any atom is 0.264 e. The van der Waals surface area contributed by atoms with E-state index in [4.69, 9.17) is 11.6 Å². The van der Waals surface area contributed by atoms with E-state index in [1.807, 2.05) is 35.0 Å². The summed E-state index contributed by atoms with van der Waals surface area (Å²) in [6, 6.07) is 18.7. The van der Waals surface area contributed by atoms with Crippen LogP contribution in [0.2, 0.25) is 5.02 Å². The van der Waals surface area contributed by atoms with Gasteiger partial charge in [0.15, 0.2) is 0 Å². The second kappa shape index (κ2) is 10.1. The van der Waals surface area contributed by atoms with E-state index in [-0.39, 0.29) is 22.2 Å². The van der Waals surface area contributed by atoms with Crippen LogP contribution in [-0.2, 0) is 21.4 Å². The van der Waals surface area contributed by atoms with Gasteiger partial charge in [0, 0.05) is 24.6 Å². The molecule has 0 unspecified atom stereocenters. The largest absolute Gasteiger partial charge is 0.350 e. The zero-order chi connectivity index (χ0) is 24.1. The van der Waals surface area contributed by atoms with Crippen molar-refractivity contribution in [2.24, 2.45) is 0 Å². The molecule has 4 rings (SSSR count). The number of nitrogens with one attached hydrogen (secondary N) is 1. The van der Waals surface area contributed by atoms with Gasteiger partial charge in [-0.3, -0.25) is 9.10 Å². The Labute approximate surface area is 201 Å². The number of sulfonamides is 1. The summed E-state index contributed by atoms with van der Waals surface area (Å²) in [6.07, 6.45) is 5.18. The number of amides is 1. The highest BCUT2D eigenvalue weighted by Gasteiger charge is 2.27. The van der Waals surface area contributed by atoms with Gasteiger partial charge in [-0.25, -0.2) is 17.8 Å². The van der Waals surface area contributed by atoms with Crippen LogP contribution in [0.5, 0.6) is 0 Å². The number of carbonyl (C=O) groups excluding carboxylic acids is 1. The van der Waals surface area contributed by atoms with Crippen molar-refractivity contribution < 1.29 is 17.6 Å². The molecule has 3 aromatic carbocycles. The second-order valence-corrected chi connectivity index (χ2v) is 9.61. The molecule has 4 aromatic rings. The predicted octanol–water partition coefficient (Wildman–Crippen LogP) is 4.18. The summed E-state index contributed by atoms with van der Waals surface area (Å²) in [5.41, 5.74) is 1.83. The fourth-order valence-electron chi connectivity index (χ4n) is 3.26. The topological polar surface area (TPSA) is 84.3 Å². The quantitative estimate of drug-likeness (QED) is 0.395. The van der Waals surface area contributed by atoms with E-state index in [1.165, 1.54) is 24.3 Å². The molecule has 0 saturated heterocycles. The number of hydrogen-bond acceptors (Lipinski definition) is 4. The van der Waals surface area contributed by atoms with Crippen molar-refractivity contribution in [3.05, 3.63) is 108 Å². The van der Waals surface area contributed by atoms with Crippen LogP contribution >= 0.6 is 11.6 Å². The van der Waals surface area contributed by atoms with Crippen molar-refractivity contribution >= 4 is 33.2 Å². The minimum Gasteiger partial charge on any atom is -0.350 e. The minimum absolute atomic E-state index is 0.00154. The molecule has 174 valence electrons. The third-order valence-corrected chi connectivity index (χ3v) is 7.12. The average molecular weight is 499 g/mol. The monoisotopic (exact) mass is 498 g/mol. The highest BCUT2D eigenvalue weighted by atomic mass is 35.5. The summed E-state index contributed by atoms with van der Waals surface area (Å²) in [7, 11) is -4.11. The lowest BCUT2D eigenvalue weighted by atomic mass is 10.2. The lowest BCUT2D eigenvalue weighted by molar-refractivity contribution is -0.119. The van der Waals surface area contributed by atoms with Gasteiger partial charge in [-0.15, -0.1) is 0 Å². The zero-order valence-electron chi connectivity index (χ0n) is 17.8. The first-order valence-corrected chi connectivity index (χ1v) is 12.0.